The molecule has 0 amide bonds. The number of benzene rings is 1. The summed E-state index contributed by atoms with van der Waals surface area (Å²) in [5.41, 5.74) is 2.00. The number of methoxy groups -OCH3 is 1. The Morgan fingerprint density at radius 1 is 1.27 bits per heavy atom. The van der Waals surface area contributed by atoms with E-state index in [0.29, 0.717) is 49.1 Å². The van der Waals surface area contributed by atoms with Crippen molar-refractivity contribution in [2.75, 3.05) is 20.3 Å². The number of halogens is 1. The first-order chi connectivity index (χ1) is 14.6. The van der Waals surface area contributed by atoms with Gasteiger partial charge >= 0.3 is 0 Å². The van der Waals surface area contributed by atoms with E-state index in [1.165, 1.54) is 0 Å². The second-order valence-corrected chi connectivity index (χ2v) is 7.52. The summed E-state index contributed by atoms with van der Waals surface area (Å²) in [6.45, 7) is 2.84. The van der Waals surface area contributed by atoms with Crippen LogP contribution in [0, 0.1) is 16.1 Å². The summed E-state index contributed by atoms with van der Waals surface area (Å²) in [6.07, 6.45) is 3.99. The van der Waals surface area contributed by atoms with Crippen LogP contribution in [-0.4, -0.2) is 44.5 Å². The molecular formula is C21H23ClN6OS. The summed E-state index contributed by atoms with van der Waals surface area (Å²) < 4.78 is 9.62. The van der Waals surface area contributed by atoms with Gasteiger partial charge in [0.05, 0.1) is 25.9 Å². The molecule has 7 nitrogen and oxygen atoms in total. The Hall–Kier alpha value is -2.57. The van der Waals surface area contributed by atoms with E-state index in [9.17, 15) is 0 Å². The lowest BCUT2D eigenvalue weighted by molar-refractivity contribution is 0.184. The fourth-order valence-electron chi connectivity index (χ4n) is 3.08. The molecule has 2 heterocycles. The Labute approximate surface area is 186 Å². The molecule has 0 spiro atoms. The molecule has 9 heteroatoms. The molecule has 2 aromatic heterocycles. The Balaban J connectivity index is 1.91. The molecule has 30 heavy (non-hydrogen) atoms. The maximum Gasteiger partial charge on any atom is 0.199 e. The molecular weight excluding hydrogens is 420 g/mol. The van der Waals surface area contributed by atoms with Gasteiger partial charge in [-0.15, -0.1) is 0 Å². The summed E-state index contributed by atoms with van der Waals surface area (Å²) >= 11 is 11.8. The molecule has 0 radical (unpaired) electrons. The third-order valence-corrected chi connectivity index (χ3v) is 5.23. The molecule has 0 aliphatic carbocycles. The maximum absolute atomic E-state index is 9.06. The van der Waals surface area contributed by atoms with Crippen molar-refractivity contribution in [3.8, 4) is 17.5 Å². The van der Waals surface area contributed by atoms with Crippen LogP contribution in [0.5, 0.6) is 0 Å². The van der Waals surface area contributed by atoms with Gasteiger partial charge in [-0.25, -0.2) is 4.68 Å². The number of ether oxygens (including phenoxy) is 1. The zero-order valence-corrected chi connectivity index (χ0v) is 18.3. The predicted octanol–water partition coefficient (Wildman–Crippen LogP) is 4.15. The van der Waals surface area contributed by atoms with Crippen molar-refractivity contribution in [2.45, 2.75) is 26.2 Å². The van der Waals surface area contributed by atoms with E-state index < -0.39 is 0 Å². The van der Waals surface area contributed by atoms with Gasteiger partial charge in [0.2, 0.25) is 0 Å². The van der Waals surface area contributed by atoms with E-state index in [2.05, 4.69) is 16.0 Å². The fourth-order valence-corrected chi connectivity index (χ4v) is 3.48. The highest BCUT2D eigenvalue weighted by atomic mass is 35.5. The molecule has 0 bridgehead atoms. The van der Waals surface area contributed by atoms with Gasteiger partial charge in [-0.1, -0.05) is 17.7 Å². The number of aromatic nitrogens is 4. The average Bonchev–Trinajstić information content (AvgIpc) is 3.07. The fraction of sp³-hybridized carbons (Fsp3) is 0.333. The number of nitriles is 1. The van der Waals surface area contributed by atoms with E-state index in [0.717, 1.165) is 17.0 Å². The molecule has 0 saturated carbocycles. The van der Waals surface area contributed by atoms with Gasteiger partial charge in [-0.05, 0) is 48.1 Å². The van der Waals surface area contributed by atoms with Crippen molar-refractivity contribution in [3.05, 3.63) is 64.1 Å². The van der Waals surface area contributed by atoms with Gasteiger partial charge in [0.1, 0.15) is 0 Å². The van der Waals surface area contributed by atoms with Gasteiger partial charge in [0.15, 0.2) is 10.6 Å². The second-order valence-electron chi connectivity index (χ2n) is 6.72. The minimum absolute atomic E-state index is 0.419. The van der Waals surface area contributed by atoms with Crippen molar-refractivity contribution in [3.63, 3.8) is 0 Å². The molecule has 156 valence electrons. The summed E-state index contributed by atoms with van der Waals surface area (Å²) in [4.78, 5) is 6.31. The molecule has 0 unspecified atom stereocenters. The average molecular weight is 443 g/mol. The van der Waals surface area contributed by atoms with Gasteiger partial charge in [-0.3, -0.25) is 14.5 Å². The zero-order chi connectivity index (χ0) is 21.3. The van der Waals surface area contributed by atoms with Crippen LogP contribution < -0.4 is 0 Å². The normalized spacial score (nSPS) is 11.0. The molecule has 0 saturated heterocycles. The Kier molecular flexibility index (Phi) is 8.11. The van der Waals surface area contributed by atoms with Crippen LogP contribution in [-0.2, 0) is 24.5 Å². The van der Waals surface area contributed by atoms with Gasteiger partial charge in [0.25, 0.3) is 0 Å². The minimum atomic E-state index is 0.419. The highest BCUT2D eigenvalue weighted by Crippen LogP contribution is 2.21. The summed E-state index contributed by atoms with van der Waals surface area (Å²) in [7, 11) is 1.66. The first-order valence-electron chi connectivity index (χ1n) is 9.53. The second kappa shape index (κ2) is 11.0. The number of pyridine rings is 1. The first-order valence-corrected chi connectivity index (χ1v) is 10.3. The lowest BCUT2D eigenvalue weighted by atomic mass is 10.2. The van der Waals surface area contributed by atoms with Gasteiger partial charge in [-0.2, -0.15) is 10.4 Å². The molecule has 3 aromatic rings. The van der Waals surface area contributed by atoms with Crippen molar-refractivity contribution in [1.29, 1.82) is 5.26 Å². The quantitative estimate of drug-likeness (QED) is 0.439. The smallest absolute Gasteiger partial charge is 0.199 e. The van der Waals surface area contributed by atoms with E-state index in [-0.39, 0.29) is 0 Å². The zero-order valence-electron chi connectivity index (χ0n) is 16.7. The van der Waals surface area contributed by atoms with E-state index >= 15 is 0 Å². The van der Waals surface area contributed by atoms with E-state index in [1.54, 1.807) is 18.0 Å². The Morgan fingerprint density at radius 2 is 2.07 bits per heavy atom. The molecule has 0 fully saturated rings. The highest BCUT2D eigenvalue weighted by molar-refractivity contribution is 7.71. The Morgan fingerprint density at radius 3 is 2.73 bits per heavy atom. The van der Waals surface area contributed by atoms with Crippen molar-refractivity contribution < 1.29 is 4.74 Å². The first kappa shape index (κ1) is 22.1. The maximum atomic E-state index is 9.06. The lowest BCUT2D eigenvalue weighted by Gasteiger charge is -2.20. The van der Waals surface area contributed by atoms with Crippen LogP contribution >= 0.6 is 23.8 Å². The lowest BCUT2D eigenvalue weighted by Crippen LogP contribution is -2.28. The van der Waals surface area contributed by atoms with Crippen molar-refractivity contribution in [1.82, 2.24) is 24.2 Å². The number of rotatable bonds is 10. The van der Waals surface area contributed by atoms with Crippen LogP contribution in [0.3, 0.4) is 0 Å². The third-order valence-electron chi connectivity index (χ3n) is 4.55. The molecule has 0 aliphatic heterocycles. The van der Waals surface area contributed by atoms with Crippen molar-refractivity contribution in [2.24, 2.45) is 0 Å². The highest BCUT2D eigenvalue weighted by Gasteiger charge is 2.15. The molecule has 1 aromatic carbocycles. The third kappa shape index (κ3) is 5.74. The molecule has 0 atom stereocenters. The SMILES string of the molecule is COCCn1c(-c2ccc(Cl)cc2)nn(CN(CCC#N)Cc2cccnc2)c1=S. The summed E-state index contributed by atoms with van der Waals surface area (Å²) in [6, 6.07) is 13.7. The Bertz CT molecular complexity index is 1040. The minimum Gasteiger partial charge on any atom is -0.383 e. The molecule has 3 rings (SSSR count). The van der Waals surface area contributed by atoms with Crippen LogP contribution in [0.25, 0.3) is 11.4 Å². The number of hydrogen-bond acceptors (Lipinski definition) is 6. The number of nitrogens with zero attached hydrogens (tertiary/aromatic N) is 6. The topological polar surface area (TPSA) is 71.9 Å². The van der Waals surface area contributed by atoms with Crippen LogP contribution in [0.2, 0.25) is 5.02 Å². The summed E-state index contributed by atoms with van der Waals surface area (Å²) in [5.74, 6) is 0.760. The largest absolute Gasteiger partial charge is 0.383 e. The van der Waals surface area contributed by atoms with Crippen LogP contribution in [0.15, 0.2) is 48.8 Å². The van der Waals surface area contributed by atoms with E-state index in [1.807, 2.05) is 47.2 Å². The van der Waals surface area contributed by atoms with E-state index in [4.69, 9.17) is 38.9 Å². The summed E-state index contributed by atoms with van der Waals surface area (Å²) in [5, 5.41) is 14.5. The molecule has 0 N–H and O–H groups in total. The standard InChI is InChI=1S/C21H23ClN6OS/c1-29-13-12-27-20(18-5-7-19(22)8-6-18)25-28(21(27)30)16-26(11-3-9-23)15-17-4-2-10-24-14-17/h2,4-8,10,14H,3,11-13,15-16H2,1H3. The van der Waals surface area contributed by atoms with Gasteiger partial charge < -0.3 is 4.74 Å². The molecule has 0 aliphatic rings. The van der Waals surface area contributed by atoms with Crippen molar-refractivity contribution >= 4 is 23.8 Å². The predicted molar refractivity (Wildman–Crippen MR) is 118 cm³/mol. The monoisotopic (exact) mass is 442 g/mol. The van der Waals surface area contributed by atoms with Crippen LogP contribution in [0.4, 0.5) is 0 Å². The van der Waals surface area contributed by atoms with Crippen LogP contribution in [0.1, 0.15) is 12.0 Å². The van der Waals surface area contributed by atoms with Gasteiger partial charge in [0, 0.05) is 49.6 Å². The number of hydrogen-bond donors (Lipinski definition) is 0.